The van der Waals surface area contributed by atoms with Gasteiger partial charge in [0.2, 0.25) is 0 Å². The highest BCUT2D eigenvalue weighted by atomic mass is 15.2. The predicted molar refractivity (Wildman–Crippen MR) is 69.2 cm³/mol. The first kappa shape index (κ1) is 10.8. The lowest BCUT2D eigenvalue weighted by atomic mass is 10.1. The van der Waals surface area contributed by atoms with Crippen LogP contribution in [0.2, 0.25) is 0 Å². The van der Waals surface area contributed by atoms with Gasteiger partial charge in [-0.3, -0.25) is 4.90 Å². The van der Waals surface area contributed by atoms with Crippen molar-refractivity contribution >= 4 is 5.65 Å². The van der Waals surface area contributed by atoms with Crippen molar-refractivity contribution in [1.82, 2.24) is 14.3 Å². The van der Waals surface area contributed by atoms with Gasteiger partial charge in [-0.2, -0.15) is 0 Å². The number of aryl methyl sites for hydroxylation is 1. The van der Waals surface area contributed by atoms with E-state index in [9.17, 15) is 0 Å². The molecule has 2 aromatic heterocycles. The van der Waals surface area contributed by atoms with E-state index in [1.807, 2.05) is 0 Å². The molecular formula is C14H19N3. The SMILES string of the molecule is CCN1CCCC1c1cn2cccc(C)c2n1. The number of likely N-dealkylation sites (tertiary alicyclic amines) is 1. The predicted octanol–water partition coefficient (Wildman–Crippen LogP) is 2.80. The van der Waals surface area contributed by atoms with Crippen LogP contribution in [0.3, 0.4) is 0 Å². The molecule has 0 aromatic carbocycles. The van der Waals surface area contributed by atoms with Gasteiger partial charge in [0.1, 0.15) is 5.65 Å². The van der Waals surface area contributed by atoms with Gasteiger partial charge < -0.3 is 4.40 Å². The van der Waals surface area contributed by atoms with Gasteiger partial charge in [0, 0.05) is 12.4 Å². The summed E-state index contributed by atoms with van der Waals surface area (Å²) in [6.45, 7) is 6.70. The summed E-state index contributed by atoms with van der Waals surface area (Å²) in [4.78, 5) is 7.34. The molecule has 1 fully saturated rings. The van der Waals surface area contributed by atoms with Gasteiger partial charge >= 0.3 is 0 Å². The smallest absolute Gasteiger partial charge is 0.139 e. The zero-order chi connectivity index (χ0) is 11.8. The van der Waals surface area contributed by atoms with Crippen LogP contribution in [0.4, 0.5) is 0 Å². The Morgan fingerprint density at radius 1 is 1.47 bits per heavy atom. The molecule has 3 rings (SSSR count). The third-order valence-corrected chi connectivity index (χ3v) is 3.81. The molecule has 3 nitrogen and oxygen atoms in total. The molecule has 90 valence electrons. The molecule has 0 amide bonds. The Kier molecular flexibility index (Phi) is 2.63. The number of nitrogens with zero attached hydrogens (tertiary/aromatic N) is 3. The summed E-state index contributed by atoms with van der Waals surface area (Å²) in [7, 11) is 0. The summed E-state index contributed by atoms with van der Waals surface area (Å²) in [6, 6.07) is 4.73. The second-order valence-corrected chi connectivity index (χ2v) is 4.87. The van der Waals surface area contributed by atoms with E-state index in [0.29, 0.717) is 6.04 Å². The van der Waals surface area contributed by atoms with Crippen molar-refractivity contribution in [3.05, 3.63) is 35.8 Å². The molecule has 3 heterocycles. The maximum Gasteiger partial charge on any atom is 0.139 e. The van der Waals surface area contributed by atoms with Crippen LogP contribution < -0.4 is 0 Å². The first-order valence-corrected chi connectivity index (χ1v) is 6.48. The molecule has 1 aliphatic rings. The topological polar surface area (TPSA) is 20.5 Å². The first-order chi connectivity index (χ1) is 8.29. The van der Waals surface area contributed by atoms with E-state index in [1.165, 1.54) is 30.6 Å². The van der Waals surface area contributed by atoms with Crippen LogP contribution >= 0.6 is 0 Å². The van der Waals surface area contributed by atoms with E-state index in [4.69, 9.17) is 4.98 Å². The van der Waals surface area contributed by atoms with Crippen molar-refractivity contribution < 1.29 is 0 Å². The Labute approximate surface area is 102 Å². The largest absolute Gasteiger partial charge is 0.307 e. The molecule has 0 bridgehead atoms. The van der Waals surface area contributed by atoms with Gasteiger partial charge in [0.05, 0.1) is 11.7 Å². The highest BCUT2D eigenvalue weighted by Gasteiger charge is 2.26. The zero-order valence-corrected chi connectivity index (χ0v) is 10.6. The maximum atomic E-state index is 4.81. The normalized spacial score (nSPS) is 21.4. The number of rotatable bonds is 2. The summed E-state index contributed by atoms with van der Waals surface area (Å²) in [5.74, 6) is 0. The monoisotopic (exact) mass is 229 g/mol. The lowest BCUT2D eigenvalue weighted by molar-refractivity contribution is 0.268. The molecule has 3 heteroatoms. The Hall–Kier alpha value is -1.35. The van der Waals surface area contributed by atoms with Crippen LogP contribution in [0.25, 0.3) is 5.65 Å². The Morgan fingerprint density at radius 2 is 2.35 bits per heavy atom. The average Bonchev–Trinajstić information content (AvgIpc) is 2.94. The highest BCUT2D eigenvalue weighted by Crippen LogP contribution is 2.31. The van der Waals surface area contributed by atoms with Crippen LogP contribution in [0.15, 0.2) is 24.5 Å². The van der Waals surface area contributed by atoms with E-state index >= 15 is 0 Å². The van der Waals surface area contributed by atoms with E-state index in [1.54, 1.807) is 0 Å². The second kappa shape index (κ2) is 4.15. The summed E-state index contributed by atoms with van der Waals surface area (Å²) in [6.07, 6.45) is 6.83. The van der Waals surface area contributed by atoms with E-state index in [0.717, 1.165) is 12.2 Å². The van der Waals surface area contributed by atoms with Gasteiger partial charge in [-0.1, -0.05) is 13.0 Å². The summed E-state index contributed by atoms with van der Waals surface area (Å²) in [5.41, 5.74) is 3.59. The molecular weight excluding hydrogens is 210 g/mol. The van der Waals surface area contributed by atoms with Crippen LogP contribution in [0, 0.1) is 6.92 Å². The minimum absolute atomic E-state index is 0.527. The molecule has 1 saturated heterocycles. The number of pyridine rings is 1. The third kappa shape index (κ3) is 1.75. The van der Waals surface area contributed by atoms with Crippen molar-refractivity contribution in [3.8, 4) is 0 Å². The van der Waals surface area contributed by atoms with Crippen molar-refractivity contribution in [1.29, 1.82) is 0 Å². The summed E-state index contributed by atoms with van der Waals surface area (Å²) < 4.78 is 2.15. The molecule has 0 radical (unpaired) electrons. The molecule has 1 atom stereocenters. The Bertz CT molecular complexity index is 529. The summed E-state index contributed by atoms with van der Waals surface area (Å²) >= 11 is 0. The second-order valence-electron chi connectivity index (χ2n) is 4.87. The van der Waals surface area contributed by atoms with Crippen LogP contribution in [0.1, 0.15) is 37.1 Å². The summed E-state index contributed by atoms with van der Waals surface area (Å²) in [5, 5.41) is 0. The standard InChI is InChI=1S/C14H19N3/c1-3-16-8-5-7-13(16)12-10-17-9-4-6-11(2)14(17)15-12/h4,6,9-10,13H,3,5,7-8H2,1-2H3. The van der Waals surface area contributed by atoms with Crippen LogP contribution in [-0.4, -0.2) is 27.4 Å². The molecule has 1 aliphatic heterocycles. The van der Waals surface area contributed by atoms with Crippen molar-refractivity contribution in [3.63, 3.8) is 0 Å². The number of fused-ring (bicyclic) bond motifs is 1. The van der Waals surface area contributed by atoms with Crippen LogP contribution in [-0.2, 0) is 0 Å². The quantitative estimate of drug-likeness (QED) is 0.789. The minimum Gasteiger partial charge on any atom is -0.307 e. The van der Waals surface area contributed by atoms with Gasteiger partial charge in [-0.15, -0.1) is 0 Å². The molecule has 2 aromatic rings. The zero-order valence-electron chi connectivity index (χ0n) is 10.6. The molecule has 0 N–H and O–H groups in total. The lowest BCUT2D eigenvalue weighted by Gasteiger charge is -2.20. The fraction of sp³-hybridized carbons (Fsp3) is 0.500. The molecule has 17 heavy (non-hydrogen) atoms. The van der Waals surface area contributed by atoms with E-state index in [2.05, 4.69) is 47.7 Å². The van der Waals surface area contributed by atoms with Gasteiger partial charge in [-0.05, 0) is 44.5 Å². The minimum atomic E-state index is 0.527. The highest BCUT2D eigenvalue weighted by molar-refractivity contribution is 5.48. The first-order valence-electron chi connectivity index (χ1n) is 6.48. The lowest BCUT2D eigenvalue weighted by Crippen LogP contribution is -2.22. The Balaban J connectivity index is 2.03. The van der Waals surface area contributed by atoms with Gasteiger partial charge in [0.15, 0.2) is 0 Å². The molecule has 1 unspecified atom stereocenters. The molecule has 0 saturated carbocycles. The van der Waals surface area contributed by atoms with Crippen molar-refractivity contribution in [2.45, 2.75) is 32.7 Å². The number of aromatic nitrogens is 2. The number of imidazole rings is 1. The number of hydrogen-bond acceptors (Lipinski definition) is 2. The fourth-order valence-electron chi connectivity index (χ4n) is 2.87. The fourth-order valence-corrected chi connectivity index (χ4v) is 2.87. The van der Waals surface area contributed by atoms with Crippen LogP contribution in [0.5, 0.6) is 0 Å². The average molecular weight is 229 g/mol. The number of hydrogen-bond donors (Lipinski definition) is 0. The Morgan fingerprint density at radius 3 is 3.12 bits per heavy atom. The van der Waals surface area contributed by atoms with E-state index < -0.39 is 0 Å². The van der Waals surface area contributed by atoms with Crippen molar-refractivity contribution in [2.24, 2.45) is 0 Å². The van der Waals surface area contributed by atoms with Gasteiger partial charge in [-0.25, -0.2) is 4.98 Å². The van der Waals surface area contributed by atoms with Crippen molar-refractivity contribution in [2.75, 3.05) is 13.1 Å². The van der Waals surface area contributed by atoms with Gasteiger partial charge in [0.25, 0.3) is 0 Å². The molecule has 0 aliphatic carbocycles. The maximum absolute atomic E-state index is 4.81. The van der Waals surface area contributed by atoms with E-state index in [-0.39, 0.29) is 0 Å². The molecule has 0 spiro atoms. The third-order valence-electron chi connectivity index (χ3n) is 3.81.